The molecular formula is C19H15NO3. The van der Waals surface area contributed by atoms with Gasteiger partial charge in [-0.15, -0.1) is 0 Å². The fraction of sp³-hybridized carbons (Fsp3) is 0.0526. The van der Waals surface area contributed by atoms with E-state index in [-0.39, 0.29) is 28.5 Å². The van der Waals surface area contributed by atoms with Crippen LogP contribution in [0.15, 0.2) is 66.7 Å². The number of pyridine rings is 1. The van der Waals surface area contributed by atoms with E-state index >= 15 is 0 Å². The molecule has 0 aliphatic rings. The third-order valence-electron chi connectivity index (χ3n) is 3.43. The van der Waals surface area contributed by atoms with Crippen molar-refractivity contribution < 1.29 is 15.0 Å². The fourth-order valence-corrected chi connectivity index (χ4v) is 2.38. The Labute approximate surface area is 133 Å². The van der Waals surface area contributed by atoms with Gasteiger partial charge < -0.3 is 10.2 Å². The first-order chi connectivity index (χ1) is 11.1. The first-order valence-electron chi connectivity index (χ1n) is 7.19. The highest BCUT2D eigenvalue weighted by Crippen LogP contribution is 2.22. The second-order valence-corrected chi connectivity index (χ2v) is 5.24. The molecule has 4 heteroatoms. The van der Waals surface area contributed by atoms with Crippen LogP contribution in [0.4, 0.5) is 0 Å². The van der Waals surface area contributed by atoms with Gasteiger partial charge in [0.15, 0.2) is 0 Å². The van der Waals surface area contributed by atoms with Crippen LogP contribution in [0.1, 0.15) is 27.3 Å². The van der Waals surface area contributed by atoms with E-state index in [9.17, 15) is 15.0 Å². The monoisotopic (exact) mass is 305 g/mol. The van der Waals surface area contributed by atoms with Crippen LogP contribution in [0.3, 0.4) is 0 Å². The van der Waals surface area contributed by atoms with E-state index in [0.29, 0.717) is 6.42 Å². The quantitative estimate of drug-likeness (QED) is 0.725. The summed E-state index contributed by atoms with van der Waals surface area (Å²) in [5, 5.41) is 19.0. The van der Waals surface area contributed by atoms with Gasteiger partial charge in [-0.25, -0.2) is 4.98 Å². The molecule has 2 aromatic carbocycles. The largest absolute Gasteiger partial charge is 0.508 e. The lowest BCUT2D eigenvalue weighted by Gasteiger charge is -2.05. The van der Waals surface area contributed by atoms with E-state index in [1.807, 2.05) is 36.4 Å². The van der Waals surface area contributed by atoms with Crippen LogP contribution in [-0.2, 0) is 6.42 Å². The molecular weight excluding hydrogens is 290 g/mol. The maximum atomic E-state index is 12.5. The lowest BCUT2D eigenvalue weighted by Crippen LogP contribution is -2.06. The Morgan fingerprint density at radius 3 is 2.26 bits per heavy atom. The van der Waals surface area contributed by atoms with Crippen LogP contribution < -0.4 is 0 Å². The Morgan fingerprint density at radius 2 is 1.57 bits per heavy atom. The molecule has 0 amide bonds. The van der Waals surface area contributed by atoms with Crippen molar-refractivity contribution in [2.45, 2.75) is 6.42 Å². The Bertz CT molecular complexity index is 824. The van der Waals surface area contributed by atoms with Crippen molar-refractivity contribution in [3.63, 3.8) is 0 Å². The Kier molecular flexibility index (Phi) is 4.06. The van der Waals surface area contributed by atoms with E-state index < -0.39 is 0 Å². The molecule has 23 heavy (non-hydrogen) atoms. The molecule has 0 aliphatic carbocycles. The van der Waals surface area contributed by atoms with Gasteiger partial charge >= 0.3 is 0 Å². The Morgan fingerprint density at radius 1 is 0.870 bits per heavy atom. The number of hydrogen-bond acceptors (Lipinski definition) is 4. The lowest BCUT2D eigenvalue weighted by molar-refractivity contribution is 0.103. The Balaban J connectivity index is 1.88. The van der Waals surface area contributed by atoms with Gasteiger partial charge in [-0.05, 0) is 29.8 Å². The van der Waals surface area contributed by atoms with Crippen molar-refractivity contribution >= 4 is 5.78 Å². The SMILES string of the molecule is O=C(c1cc(O)cc(O)c1)c1cccc(Cc2ccccc2)n1. The highest BCUT2D eigenvalue weighted by atomic mass is 16.3. The topological polar surface area (TPSA) is 70.4 Å². The minimum absolute atomic E-state index is 0.159. The summed E-state index contributed by atoms with van der Waals surface area (Å²) in [4.78, 5) is 16.9. The van der Waals surface area contributed by atoms with E-state index in [2.05, 4.69) is 4.98 Å². The minimum atomic E-state index is -0.342. The normalized spacial score (nSPS) is 10.4. The highest BCUT2D eigenvalue weighted by molar-refractivity contribution is 6.08. The van der Waals surface area contributed by atoms with Crippen molar-refractivity contribution in [1.29, 1.82) is 0 Å². The zero-order valence-electron chi connectivity index (χ0n) is 12.3. The van der Waals surface area contributed by atoms with E-state index in [0.717, 1.165) is 11.3 Å². The number of carbonyl (C=O) groups is 1. The van der Waals surface area contributed by atoms with Gasteiger partial charge in [-0.2, -0.15) is 0 Å². The molecule has 0 saturated heterocycles. The van der Waals surface area contributed by atoms with E-state index in [4.69, 9.17) is 0 Å². The molecule has 0 spiro atoms. The number of carbonyl (C=O) groups excluding carboxylic acids is 1. The summed E-state index contributed by atoms with van der Waals surface area (Å²) in [5.41, 5.74) is 2.38. The van der Waals surface area contributed by atoms with Crippen molar-refractivity contribution in [3.05, 3.63) is 89.2 Å². The van der Waals surface area contributed by atoms with Gasteiger partial charge in [0.2, 0.25) is 5.78 Å². The summed E-state index contributed by atoms with van der Waals surface area (Å²) in [6, 6.07) is 18.9. The molecule has 114 valence electrons. The van der Waals surface area contributed by atoms with Crippen molar-refractivity contribution in [2.75, 3.05) is 0 Å². The van der Waals surface area contributed by atoms with Crippen LogP contribution in [0.25, 0.3) is 0 Å². The number of phenols is 2. The third-order valence-corrected chi connectivity index (χ3v) is 3.43. The average molecular weight is 305 g/mol. The van der Waals surface area contributed by atoms with Crippen molar-refractivity contribution in [3.8, 4) is 11.5 Å². The van der Waals surface area contributed by atoms with Gasteiger partial charge in [0.25, 0.3) is 0 Å². The average Bonchev–Trinajstić information content (AvgIpc) is 2.54. The lowest BCUT2D eigenvalue weighted by atomic mass is 10.1. The van der Waals surface area contributed by atoms with E-state index in [1.165, 1.54) is 18.2 Å². The molecule has 2 N–H and O–H groups in total. The van der Waals surface area contributed by atoms with Gasteiger partial charge in [0, 0.05) is 23.7 Å². The number of benzene rings is 2. The summed E-state index contributed by atoms with van der Waals surface area (Å²) in [6.45, 7) is 0. The predicted molar refractivity (Wildman–Crippen MR) is 86.7 cm³/mol. The molecule has 0 saturated carbocycles. The zero-order chi connectivity index (χ0) is 16.2. The first kappa shape index (κ1) is 14.8. The number of rotatable bonds is 4. The van der Waals surface area contributed by atoms with Gasteiger partial charge in [-0.1, -0.05) is 36.4 Å². The first-order valence-corrected chi connectivity index (χ1v) is 7.19. The molecule has 0 unspecified atom stereocenters. The van der Waals surface area contributed by atoms with Gasteiger partial charge in [-0.3, -0.25) is 4.79 Å². The standard InChI is InChI=1S/C19H15NO3/c21-16-10-14(11-17(22)12-16)19(23)18-8-4-7-15(20-18)9-13-5-2-1-3-6-13/h1-8,10-12,21-22H,9H2. The molecule has 3 aromatic rings. The molecule has 0 atom stereocenters. The third kappa shape index (κ3) is 3.55. The molecule has 4 nitrogen and oxygen atoms in total. The van der Waals surface area contributed by atoms with Crippen molar-refractivity contribution in [2.24, 2.45) is 0 Å². The van der Waals surface area contributed by atoms with Crippen molar-refractivity contribution in [1.82, 2.24) is 4.98 Å². The van der Waals surface area contributed by atoms with Crippen LogP contribution in [0.2, 0.25) is 0 Å². The predicted octanol–water partition coefficient (Wildman–Crippen LogP) is 3.31. The summed E-state index contributed by atoms with van der Waals surface area (Å²) in [5.74, 6) is -0.659. The molecule has 0 bridgehead atoms. The maximum Gasteiger partial charge on any atom is 0.211 e. The minimum Gasteiger partial charge on any atom is -0.508 e. The number of ketones is 1. The number of phenolic OH excluding ortho intramolecular Hbond substituents is 2. The second-order valence-electron chi connectivity index (χ2n) is 5.24. The number of aromatic nitrogens is 1. The summed E-state index contributed by atoms with van der Waals surface area (Å²) in [7, 11) is 0. The van der Waals surface area contributed by atoms with Crippen LogP contribution in [-0.4, -0.2) is 21.0 Å². The summed E-state index contributed by atoms with van der Waals surface area (Å²) >= 11 is 0. The number of aromatic hydroxyl groups is 2. The fourth-order valence-electron chi connectivity index (χ4n) is 2.38. The number of nitrogens with zero attached hydrogens (tertiary/aromatic N) is 1. The molecule has 0 fully saturated rings. The summed E-state index contributed by atoms with van der Waals surface area (Å²) in [6.07, 6.45) is 0.632. The molecule has 0 radical (unpaired) electrons. The van der Waals surface area contributed by atoms with Gasteiger partial charge in [0.1, 0.15) is 17.2 Å². The summed E-state index contributed by atoms with van der Waals surface area (Å²) < 4.78 is 0. The van der Waals surface area contributed by atoms with Crippen LogP contribution >= 0.6 is 0 Å². The molecule has 0 aliphatic heterocycles. The Hall–Kier alpha value is -3.14. The molecule has 3 rings (SSSR count). The van der Waals surface area contributed by atoms with E-state index in [1.54, 1.807) is 12.1 Å². The number of hydrogen-bond donors (Lipinski definition) is 2. The zero-order valence-corrected chi connectivity index (χ0v) is 12.3. The smallest absolute Gasteiger partial charge is 0.211 e. The van der Waals surface area contributed by atoms with Gasteiger partial charge in [0.05, 0.1) is 0 Å². The highest BCUT2D eigenvalue weighted by Gasteiger charge is 2.13. The van der Waals surface area contributed by atoms with Crippen LogP contribution in [0.5, 0.6) is 11.5 Å². The second kappa shape index (κ2) is 6.32. The molecule has 1 aromatic heterocycles. The maximum absolute atomic E-state index is 12.5. The van der Waals surface area contributed by atoms with Crippen LogP contribution in [0, 0.1) is 0 Å². The molecule has 1 heterocycles.